The highest BCUT2D eigenvalue weighted by atomic mass is 31.1. The molecule has 0 unspecified atom stereocenters. The Kier molecular flexibility index (Phi) is 13.1. The Bertz CT molecular complexity index is 1480. The molecule has 46 heavy (non-hydrogen) atoms. The minimum Gasteiger partial charge on any atom is -0.461 e. The molecule has 0 fully saturated rings. The van der Waals surface area contributed by atoms with Gasteiger partial charge in [0.25, 0.3) is 0 Å². The lowest BCUT2D eigenvalue weighted by Gasteiger charge is -2.21. The number of esters is 1. The number of aliphatic imine (C=N–C) groups is 1. The van der Waals surface area contributed by atoms with Crippen LogP contribution >= 0.6 is 7.92 Å². The lowest BCUT2D eigenvalue weighted by molar-refractivity contribution is -0.151. The van der Waals surface area contributed by atoms with Gasteiger partial charge in [0.2, 0.25) is 0 Å². The van der Waals surface area contributed by atoms with Crippen molar-refractivity contribution in [1.82, 2.24) is 5.32 Å². The number of ether oxygens (including phenoxy) is 2. The molecule has 9 heteroatoms. The van der Waals surface area contributed by atoms with E-state index in [-0.39, 0.29) is 45.7 Å². The molecule has 0 saturated heterocycles. The summed E-state index contributed by atoms with van der Waals surface area (Å²) in [4.78, 5) is 44.2. The molecule has 0 bridgehead atoms. The minimum absolute atomic E-state index is 0.102. The number of ketones is 1. The second-order valence-corrected chi connectivity index (χ2v) is 14.2. The molecule has 242 valence electrons. The third kappa shape index (κ3) is 9.85. The van der Waals surface area contributed by atoms with Gasteiger partial charge >= 0.3 is 12.1 Å². The predicted molar refractivity (Wildman–Crippen MR) is 186 cm³/mol. The molecule has 0 aromatic heterocycles. The van der Waals surface area contributed by atoms with E-state index in [1.165, 1.54) is 0 Å². The van der Waals surface area contributed by atoms with Gasteiger partial charge in [0, 0.05) is 25.0 Å². The molecule has 3 aromatic carbocycles. The number of benzene rings is 3. The summed E-state index contributed by atoms with van der Waals surface area (Å²) in [5.41, 5.74) is 11.4. The predicted octanol–water partition coefficient (Wildman–Crippen LogP) is 6.67. The number of amides is 1. The molecule has 1 aliphatic carbocycles. The molecule has 4 rings (SSSR count). The summed E-state index contributed by atoms with van der Waals surface area (Å²) in [6.45, 7) is 8.70. The van der Waals surface area contributed by atoms with Crippen molar-refractivity contribution in [2.45, 2.75) is 44.2 Å². The van der Waals surface area contributed by atoms with Crippen LogP contribution in [-0.4, -0.2) is 62.4 Å². The van der Waals surface area contributed by atoms with Gasteiger partial charge in [0.1, 0.15) is 13.2 Å². The molecule has 0 heterocycles. The van der Waals surface area contributed by atoms with Gasteiger partial charge in [-0.05, 0) is 60.4 Å². The fourth-order valence-corrected chi connectivity index (χ4v) is 6.43. The van der Waals surface area contributed by atoms with E-state index in [1.54, 1.807) is 6.08 Å². The van der Waals surface area contributed by atoms with Crippen LogP contribution in [0.3, 0.4) is 0 Å². The topological polar surface area (TPSA) is 120 Å². The Hall–Kier alpha value is -4.29. The Morgan fingerprint density at radius 3 is 2.22 bits per heavy atom. The van der Waals surface area contributed by atoms with Crippen molar-refractivity contribution < 1.29 is 23.9 Å². The molecule has 3 aromatic rings. The third-order valence-corrected chi connectivity index (χ3v) is 8.88. The van der Waals surface area contributed by atoms with Gasteiger partial charge in [0.05, 0.1) is 17.8 Å². The highest BCUT2D eigenvalue weighted by Crippen LogP contribution is 2.44. The van der Waals surface area contributed by atoms with Crippen LogP contribution in [0.5, 0.6) is 0 Å². The maximum absolute atomic E-state index is 13.6. The van der Waals surface area contributed by atoms with Gasteiger partial charge in [-0.3, -0.25) is 14.6 Å². The van der Waals surface area contributed by atoms with E-state index in [2.05, 4.69) is 54.5 Å². The quantitative estimate of drug-likeness (QED) is 0.0425. The average Bonchev–Trinajstić information content (AvgIpc) is 3.37. The van der Waals surface area contributed by atoms with Crippen LogP contribution in [0.2, 0.25) is 0 Å². The van der Waals surface area contributed by atoms with Gasteiger partial charge in [-0.25, -0.2) is 4.79 Å². The van der Waals surface area contributed by atoms with Crippen LogP contribution < -0.4 is 11.1 Å². The number of fused-ring (bicyclic) bond motifs is 3. The van der Waals surface area contributed by atoms with Crippen molar-refractivity contribution >= 4 is 31.6 Å². The van der Waals surface area contributed by atoms with Gasteiger partial charge in [-0.15, -0.1) is 14.5 Å². The smallest absolute Gasteiger partial charge is 0.407 e. The summed E-state index contributed by atoms with van der Waals surface area (Å²) in [5.74, 6) is -0.994. The standard InChI is InChI=1S/C37H44N3O5P/c1-4-13-27(36(42)44-23-26-14-6-5-7-15-26)22-34(41)33(20-12-21-39-35(38)25-46(2)3)40-37(43)45-24-32-30-18-10-8-16-28(30)29-17-9-11-19-31(29)32/h4-11,14-19,27,32-33H,1,12-13,20-25H2,2-3H3,(H2,38,39)(H,40,43)/t27-,33-/m1/s1. The maximum atomic E-state index is 13.6. The molecule has 8 nitrogen and oxygen atoms in total. The molecule has 0 saturated carbocycles. The number of hydrogen-bond donors (Lipinski definition) is 2. The number of Topliss-reactive ketones (excluding diaryl/α,β-unsaturated/α-hetero) is 1. The minimum atomic E-state index is -0.865. The first-order valence-electron chi connectivity index (χ1n) is 15.7. The van der Waals surface area contributed by atoms with E-state index in [9.17, 15) is 14.4 Å². The summed E-state index contributed by atoms with van der Waals surface area (Å²) in [6.07, 6.45) is 2.69. The number of nitrogens with one attached hydrogen (secondary N) is 1. The van der Waals surface area contributed by atoms with Crippen LogP contribution in [0.25, 0.3) is 11.1 Å². The third-order valence-electron chi connectivity index (χ3n) is 7.92. The number of nitrogens with zero attached hydrogens (tertiary/aromatic N) is 1. The number of alkyl carbamates (subject to hydrolysis) is 1. The molecule has 1 amide bonds. The van der Waals surface area contributed by atoms with Crippen molar-refractivity contribution in [1.29, 1.82) is 0 Å². The van der Waals surface area contributed by atoms with E-state index >= 15 is 0 Å². The van der Waals surface area contributed by atoms with Crippen LogP contribution in [0.4, 0.5) is 4.79 Å². The number of rotatable bonds is 17. The van der Waals surface area contributed by atoms with Crippen molar-refractivity contribution in [2.24, 2.45) is 16.6 Å². The summed E-state index contributed by atoms with van der Waals surface area (Å²) < 4.78 is 11.3. The lowest BCUT2D eigenvalue weighted by atomic mass is 9.93. The summed E-state index contributed by atoms with van der Waals surface area (Å²) in [7, 11) is -0.210. The molecule has 2 atom stereocenters. The van der Waals surface area contributed by atoms with Crippen molar-refractivity contribution in [3.8, 4) is 11.1 Å². The molecule has 1 aliphatic rings. The summed E-state index contributed by atoms with van der Waals surface area (Å²) in [5, 5.41) is 2.79. The Morgan fingerprint density at radius 2 is 1.59 bits per heavy atom. The van der Waals surface area contributed by atoms with Crippen LogP contribution in [0.15, 0.2) is 96.5 Å². The molecular formula is C37H44N3O5P. The molecule has 0 aliphatic heterocycles. The van der Waals surface area contributed by atoms with Gasteiger partial charge in [-0.1, -0.05) is 84.9 Å². The second kappa shape index (κ2) is 17.4. The average molecular weight is 642 g/mol. The first-order valence-corrected chi connectivity index (χ1v) is 18.1. The maximum Gasteiger partial charge on any atom is 0.407 e. The molecule has 0 spiro atoms. The van der Waals surface area contributed by atoms with Crippen LogP contribution in [0, 0.1) is 5.92 Å². The zero-order chi connectivity index (χ0) is 32.9. The highest BCUT2D eigenvalue weighted by molar-refractivity contribution is 7.57. The Morgan fingerprint density at radius 1 is 0.957 bits per heavy atom. The molecule has 3 N–H and O–H groups in total. The summed E-state index contributed by atoms with van der Waals surface area (Å²) >= 11 is 0. The highest BCUT2D eigenvalue weighted by Gasteiger charge is 2.31. The van der Waals surface area contributed by atoms with E-state index < -0.39 is 24.0 Å². The zero-order valence-corrected chi connectivity index (χ0v) is 27.6. The number of carbonyl (C=O) groups is 3. The van der Waals surface area contributed by atoms with E-state index in [0.29, 0.717) is 25.2 Å². The van der Waals surface area contributed by atoms with Crippen LogP contribution in [0.1, 0.15) is 48.3 Å². The van der Waals surface area contributed by atoms with E-state index in [1.807, 2.05) is 54.6 Å². The van der Waals surface area contributed by atoms with Crippen molar-refractivity contribution in [2.75, 3.05) is 32.6 Å². The van der Waals surface area contributed by atoms with Gasteiger partial charge in [0.15, 0.2) is 5.78 Å². The van der Waals surface area contributed by atoms with Gasteiger partial charge < -0.3 is 20.5 Å². The SMILES string of the molecule is C=CC[C@H](CC(=O)[C@@H](CCCN=C(N)CP(C)C)NC(=O)OCC1c2ccccc2-c2ccccc21)C(=O)OCc1ccccc1. The van der Waals surface area contributed by atoms with Crippen LogP contribution in [-0.2, 0) is 25.7 Å². The summed E-state index contributed by atoms with van der Waals surface area (Å²) in [6, 6.07) is 24.7. The van der Waals surface area contributed by atoms with Gasteiger partial charge in [-0.2, -0.15) is 0 Å². The molecule has 0 radical (unpaired) electrons. The monoisotopic (exact) mass is 641 g/mol. The van der Waals surface area contributed by atoms with E-state index in [4.69, 9.17) is 15.2 Å². The fourth-order valence-electron chi connectivity index (χ4n) is 5.68. The number of carbonyl (C=O) groups excluding carboxylic acids is 3. The number of allylic oxidation sites excluding steroid dienone is 1. The second-order valence-electron chi connectivity index (χ2n) is 11.8. The number of nitrogens with two attached hydrogens (primary N) is 1. The lowest BCUT2D eigenvalue weighted by Crippen LogP contribution is -2.42. The van der Waals surface area contributed by atoms with Crippen molar-refractivity contribution in [3.63, 3.8) is 0 Å². The zero-order valence-electron chi connectivity index (χ0n) is 26.7. The fraction of sp³-hybridized carbons (Fsp3) is 0.351. The largest absolute Gasteiger partial charge is 0.461 e. The van der Waals surface area contributed by atoms with Crippen molar-refractivity contribution in [3.05, 3.63) is 108 Å². The molecular weight excluding hydrogens is 597 g/mol. The normalized spacial score (nSPS) is 13.8. The van der Waals surface area contributed by atoms with E-state index in [0.717, 1.165) is 34.0 Å². The number of hydrogen-bond acceptors (Lipinski definition) is 6. The first kappa shape index (κ1) is 34.6. The Balaban J connectivity index is 1.41. The number of amidine groups is 1. The first-order chi connectivity index (χ1) is 22.3. The Labute approximate surface area is 273 Å².